The topological polar surface area (TPSA) is 79.6 Å². The Morgan fingerprint density at radius 3 is 2.67 bits per heavy atom. The molecule has 0 saturated heterocycles. The van der Waals surface area contributed by atoms with Gasteiger partial charge in [-0.15, -0.1) is 0 Å². The number of carbonyl (C=O) groups excluding carboxylic acids is 1. The summed E-state index contributed by atoms with van der Waals surface area (Å²) < 4.78 is 1.66. The average molecular weight is 444 g/mol. The molecule has 7 nitrogen and oxygen atoms in total. The number of aryl methyl sites for hydroxylation is 3. The van der Waals surface area contributed by atoms with Crippen LogP contribution in [0.15, 0.2) is 46.3 Å². The zero-order valence-corrected chi connectivity index (χ0v) is 19.4. The van der Waals surface area contributed by atoms with Crippen LogP contribution in [0.3, 0.4) is 0 Å². The van der Waals surface area contributed by atoms with Crippen LogP contribution in [-0.2, 0) is 11.8 Å². The summed E-state index contributed by atoms with van der Waals surface area (Å²) in [6, 6.07) is 9.93. The standard InChI is InChI=1S/C26H29N5O2/c1-16-8-9-19(29-25(32)24-27-10-11-31(24)20-6-4-5-7-20)14-21(16)22-13-18-15-28-17(2)12-23(18)30(3)26(22)33/h8-9,12-15,20H,4-7,10-11H2,1-3H3,(H,29,32). The number of aromatic nitrogens is 2. The Bertz CT molecular complexity index is 1330. The van der Waals surface area contributed by atoms with Crippen molar-refractivity contribution in [1.29, 1.82) is 0 Å². The average Bonchev–Trinajstić information content (AvgIpc) is 3.50. The predicted octanol–water partition coefficient (Wildman–Crippen LogP) is 3.81. The minimum Gasteiger partial charge on any atom is -0.347 e. The minimum atomic E-state index is -0.180. The summed E-state index contributed by atoms with van der Waals surface area (Å²) in [5.74, 6) is 0.354. The van der Waals surface area contributed by atoms with Gasteiger partial charge in [0.2, 0.25) is 0 Å². The van der Waals surface area contributed by atoms with Crippen molar-refractivity contribution in [3.05, 3.63) is 58.1 Å². The third-order valence-corrected chi connectivity index (χ3v) is 6.87. The van der Waals surface area contributed by atoms with Gasteiger partial charge in [-0.1, -0.05) is 18.9 Å². The van der Waals surface area contributed by atoms with E-state index in [1.807, 2.05) is 44.2 Å². The lowest BCUT2D eigenvalue weighted by Gasteiger charge is -2.26. The van der Waals surface area contributed by atoms with Crippen molar-refractivity contribution in [2.45, 2.75) is 45.6 Å². The van der Waals surface area contributed by atoms with E-state index in [2.05, 4.69) is 20.2 Å². The maximum Gasteiger partial charge on any atom is 0.290 e. The number of fused-ring (bicyclic) bond motifs is 1. The van der Waals surface area contributed by atoms with Gasteiger partial charge < -0.3 is 14.8 Å². The van der Waals surface area contributed by atoms with Gasteiger partial charge in [0.15, 0.2) is 5.84 Å². The minimum absolute atomic E-state index is 0.0766. The molecule has 33 heavy (non-hydrogen) atoms. The molecule has 7 heteroatoms. The van der Waals surface area contributed by atoms with E-state index in [9.17, 15) is 9.59 Å². The Hall–Kier alpha value is -3.48. The number of amides is 1. The first-order valence-electron chi connectivity index (χ1n) is 11.6. The third kappa shape index (κ3) is 3.92. The summed E-state index contributed by atoms with van der Waals surface area (Å²) >= 11 is 0. The van der Waals surface area contributed by atoms with E-state index in [1.54, 1.807) is 17.8 Å². The molecule has 0 unspecified atom stereocenters. The summed E-state index contributed by atoms with van der Waals surface area (Å²) in [6.45, 7) is 5.36. The number of pyridine rings is 2. The Labute approximate surface area is 193 Å². The lowest BCUT2D eigenvalue weighted by atomic mass is 9.99. The zero-order chi connectivity index (χ0) is 23.1. The zero-order valence-electron chi connectivity index (χ0n) is 19.4. The molecule has 1 aliphatic carbocycles. The van der Waals surface area contributed by atoms with Crippen molar-refractivity contribution < 1.29 is 4.79 Å². The van der Waals surface area contributed by atoms with Crippen molar-refractivity contribution in [3.8, 4) is 11.1 Å². The third-order valence-electron chi connectivity index (χ3n) is 6.87. The van der Waals surface area contributed by atoms with Gasteiger partial charge in [-0.05, 0) is 62.1 Å². The molecule has 1 N–H and O–H groups in total. The highest BCUT2D eigenvalue weighted by atomic mass is 16.2. The van der Waals surface area contributed by atoms with E-state index in [0.29, 0.717) is 29.7 Å². The number of aliphatic imine (C=N–C) groups is 1. The Kier molecular flexibility index (Phi) is 5.48. The number of benzene rings is 1. The van der Waals surface area contributed by atoms with E-state index < -0.39 is 0 Å². The maximum absolute atomic E-state index is 13.2. The Balaban J connectivity index is 1.47. The molecule has 170 valence electrons. The number of anilines is 1. The predicted molar refractivity (Wildman–Crippen MR) is 132 cm³/mol. The first kappa shape index (κ1) is 21.4. The molecule has 1 aliphatic heterocycles. The quantitative estimate of drug-likeness (QED) is 0.665. The molecule has 1 aromatic carbocycles. The number of nitrogens with one attached hydrogen (secondary N) is 1. The van der Waals surface area contributed by atoms with Crippen LogP contribution < -0.4 is 10.9 Å². The smallest absolute Gasteiger partial charge is 0.290 e. The van der Waals surface area contributed by atoms with E-state index in [0.717, 1.165) is 47.1 Å². The fraction of sp³-hybridized carbons (Fsp3) is 0.385. The molecule has 2 aromatic heterocycles. The molecule has 1 amide bonds. The Morgan fingerprint density at radius 1 is 1.09 bits per heavy atom. The number of carbonyl (C=O) groups is 1. The molecule has 1 saturated carbocycles. The number of hydrogen-bond donors (Lipinski definition) is 1. The maximum atomic E-state index is 13.2. The lowest BCUT2D eigenvalue weighted by molar-refractivity contribution is -0.111. The van der Waals surface area contributed by atoms with E-state index in [4.69, 9.17) is 0 Å². The molecule has 3 aromatic rings. The SMILES string of the molecule is Cc1cc2c(cn1)cc(-c1cc(NC(=O)C3=NCCN3C3CCCC3)ccc1C)c(=O)n2C. The second-order valence-corrected chi connectivity index (χ2v) is 9.13. The summed E-state index contributed by atoms with van der Waals surface area (Å²) in [6.07, 6.45) is 6.48. The van der Waals surface area contributed by atoms with Crippen molar-refractivity contribution in [1.82, 2.24) is 14.5 Å². The second kappa shape index (κ2) is 8.46. The highest BCUT2D eigenvalue weighted by Crippen LogP contribution is 2.28. The number of amidine groups is 1. The van der Waals surface area contributed by atoms with Crippen LogP contribution in [0, 0.1) is 13.8 Å². The Morgan fingerprint density at radius 2 is 1.88 bits per heavy atom. The van der Waals surface area contributed by atoms with Gasteiger partial charge in [-0.2, -0.15) is 0 Å². The summed E-state index contributed by atoms with van der Waals surface area (Å²) in [7, 11) is 1.78. The van der Waals surface area contributed by atoms with Crippen LogP contribution in [-0.4, -0.2) is 45.3 Å². The molecule has 3 heterocycles. The van der Waals surface area contributed by atoms with Gasteiger partial charge in [-0.25, -0.2) is 0 Å². The van der Waals surface area contributed by atoms with Gasteiger partial charge in [0.1, 0.15) is 0 Å². The molecule has 0 bridgehead atoms. The van der Waals surface area contributed by atoms with Crippen LogP contribution in [0.5, 0.6) is 0 Å². The molecule has 0 atom stereocenters. The highest BCUT2D eigenvalue weighted by molar-refractivity contribution is 6.42. The van der Waals surface area contributed by atoms with Crippen LogP contribution in [0.1, 0.15) is 36.9 Å². The van der Waals surface area contributed by atoms with Crippen molar-refractivity contribution in [3.63, 3.8) is 0 Å². The van der Waals surface area contributed by atoms with E-state index in [1.165, 1.54) is 12.8 Å². The summed E-state index contributed by atoms with van der Waals surface area (Å²) in [5.41, 5.74) is 4.66. The monoisotopic (exact) mass is 443 g/mol. The highest BCUT2D eigenvalue weighted by Gasteiger charge is 2.31. The van der Waals surface area contributed by atoms with E-state index in [-0.39, 0.29) is 11.5 Å². The van der Waals surface area contributed by atoms with Gasteiger partial charge in [0.05, 0.1) is 12.1 Å². The van der Waals surface area contributed by atoms with Gasteiger partial charge in [0, 0.05) is 48.2 Å². The largest absolute Gasteiger partial charge is 0.347 e. The van der Waals surface area contributed by atoms with Crippen LogP contribution in [0.2, 0.25) is 0 Å². The van der Waals surface area contributed by atoms with Crippen molar-refractivity contribution >= 4 is 28.3 Å². The summed E-state index contributed by atoms with van der Waals surface area (Å²) in [4.78, 5) is 37.3. The van der Waals surface area contributed by atoms with Crippen molar-refractivity contribution in [2.75, 3.05) is 18.4 Å². The lowest BCUT2D eigenvalue weighted by Crippen LogP contribution is -2.42. The van der Waals surface area contributed by atoms with Crippen LogP contribution >= 0.6 is 0 Å². The fourth-order valence-corrected chi connectivity index (χ4v) is 5.07. The molecule has 0 spiro atoms. The number of hydrogen-bond acceptors (Lipinski definition) is 5. The second-order valence-electron chi connectivity index (χ2n) is 9.13. The summed E-state index contributed by atoms with van der Waals surface area (Å²) in [5, 5.41) is 3.92. The fourth-order valence-electron chi connectivity index (χ4n) is 5.07. The van der Waals surface area contributed by atoms with Gasteiger partial charge in [0.25, 0.3) is 11.5 Å². The molecular formula is C26H29N5O2. The normalized spacial score (nSPS) is 16.5. The van der Waals surface area contributed by atoms with Crippen LogP contribution in [0.4, 0.5) is 5.69 Å². The number of nitrogens with zero attached hydrogens (tertiary/aromatic N) is 4. The first-order valence-corrected chi connectivity index (χ1v) is 11.6. The molecule has 0 radical (unpaired) electrons. The number of rotatable bonds is 4. The van der Waals surface area contributed by atoms with Gasteiger partial charge >= 0.3 is 0 Å². The molecule has 5 rings (SSSR count). The van der Waals surface area contributed by atoms with E-state index >= 15 is 0 Å². The molecule has 1 fully saturated rings. The molecular weight excluding hydrogens is 414 g/mol. The van der Waals surface area contributed by atoms with Crippen molar-refractivity contribution in [2.24, 2.45) is 12.0 Å². The first-order chi connectivity index (χ1) is 15.9. The van der Waals surface area contributed by atoms with Gasteiger partial charge in [-0.3, -0.25) is 19.6 Å². The van der Waals surface area contributed by atoms with Crippen LogP contribution in [0.25, 0.3) is 22.0 Å². The molecule has 2 aliphatic rings.